The van der Waals surface area contributed by atoms with Crippen molar-refractivity contribution in [3.63, 3.8) is 0 Å². The Labute approximate surface area is 129 Å². The molecule has 0 amide bonds. The van der Waals surface area contributed by atoms with Crippen LogP contribution in [0.2, 0.25) is 0 Å². The van der Waals surface area contributed by atoms with E-state index in [1.807, 2.05) is 0 Å². The number of nitrogens with zero attached hydrogens (tertiary/aromatic N) is 1. The van der Waals surface area contributed by atoms with Gasteiger partial charge in [-0.3, -0.25) is 4.98 Å². The summed E-state index contributed by atoms with van der Waals surface area (Å²) in [6, 6.07) is 9.34. The topological polar surface area (TPSA) is 24.9 Å². The molecule has 0 atom stereocenters. The maximum atomic E-state index is 4.96. The van der Waals surface area contributed by atoms with E-state index >= 15 is 0 Å². The minimum atomic E-state index is 0.451. The first-order valence-corrected chi connectivity index (χ1v) is 8.06. The van der Waals surface area contributed by atoms with Crippen LogP contribution in [0, 0.1) is 0 Å². The molecule has 0 aliphatic heterocycles. The maximum Gasteiger partial charge on any atom is 0.0743 e. The zero-order valence-electron chi connectivity index (χ0n) is 14.2. The van der Waals surface area contributed by atoms with Gasteiger partial charge >= 0.3 is 0 Å². The lowest BCUT2D eigenvalue weighted by Crippen LogP contribution is -2.22. The van der Waals surface area contributed by atoms with Gasteiger partial charge in [-0.25, -0.2) is 0 Å². The summed E-state index contributed by atoms with van der Waals surface area (Å²) in [6.45, 7) is 14.2. The third kappa shape index (κ3) is 3.62. The Morgan fingerprint density at radius 3 is 2.29 bits per heavy atom. The van der Waals surface area contributed by atoms with E-state index in [0.29, 0.717) is 17.9 Å². The summed E-state index contributed by atoms with van der Waals surface area (Å²) in [7, 11) is 0. The Hall–Kier alpha value is -1.41. The van der Waals surface area contributed by atoms with Gasteiger partial charge in [0.2, 0.25) is 0 Å². The van der Waals surface area contributed by atoms with E-state index in [-0.39, 0.29) is 0 Å². The van der Waals surface area contributed by atoms with E-state index in [9.17, 15) is 0 Å². The molecule has 2 nitrogen and oxygen atoms in total. The second-order valence-electron chi connectivity index (χ2n) is 6.79. The van der Waals surface area contributed by atoms with E-state index in [1.165, 1.54) is 27.7 Å². The number of rotatable bonds is 5. The lowest BCUT2D eigenvalue weighted by molar-refractivity contribution is 0.590. The molecule has 2 heteroatoms. The summed E-state index contributed by atoms with van der Waals surface area (Å²) in [5, 5.41) is 4.83. The summed E-state index contributed by atoms with van der Waals surface area (Å²) < 4.78 is 0. The molecule has 0 aliphatic carbocycles. The van der Waals surface area contributed by atoms with Gasteiger partial charge in [-0.1, -0.05) is 59.7 Å². The molecule has 1 aromatic carbocycles. The Kier molecular flexibility index (Phi) is 5.00. The van der Waals surface area contributed by atoms with E-state index < -0.39 is 0 Å². The highest BCUT2D eigenvalue weighted by Gasteiger charge is 2.13. The van der Waals surface area contributed by atoms with Gasteiger partial charge in [0, 0.05) is 23.7 Å². The van der Waals surface area contributed by atoms with Crippen LogP contribution < -0.4 is 5.32 Å². The largest absolute Gasteiger partial charge is 0.310 e. The number of pyridine rings is 1. The highest BCUT2D eigenvalue weighted by molar-refractivity contribution is 5.85. The highest BCUT2D eigenvalue weighted by Crippen LogP contribution is 2.28. The molecule has 0 spiro atoms. The van der Waals surface area contributed by atoms with Gasteiger partial charge < -0.3 is 5.32 Å². The van der Waals surface area contributed by atoms with Crippen molar-refractivity contribution in [2.45, 2.75) is 66.0 Å². The van der Waals surface area contributed by atoms with Crippen molar-refractivity contribution in [3.8, 4) is 0 Å². The average Bonchev–Trinajstić information content (AvgIpc) is 2.43. The van der Waals surface area contributed by atoms with Gasteiger partial charge in [-0.2, -0.15) is 0 Å². The van der Waals surface area contributed by atoms with Gasteiger partial charge in [0.05, 0.1) is 5.52 Å². The number of hydrogen-bond donors (Lipinski definition) is 1. The van der Waals surface area contributed by atoms with E-state index in [4.69, 9.17) is 4.98 Å². The van der Waals surface area contributed by atoms with Crippen LogP contribution >= 0.6 is 0 Å². The van der Waals surface area contributed by atoms with Crippen LogP contribution in [0.3, 0.4) is 0 Å². The number of hydrogen-bond acceptors (Lipinski definition) is 2. The quantitative estimate of drug-likeness (QED) is 0.837. The molecule has 2 rings (SSSR count). The summed E-state index contributed by atoms with van der Waals surface area (Å²) in [5.41, 5.74) is 5.08. The molecule has 0 saturated carbocycles. The van der Waals surface area contributed by atoms with Gasteiger partial charge in [0.15, 0.2) is 0 Å². The number of aromatic nitrogens is 1. The first-order chi connectivity index (χ1) is 9.90. The molecule has 114 valence electrons. The van der Waals surface area contributed by atoms with Gasteiger partial charge in [0.25, 0.3) is 0 Å². The summed E-state index contributed by atoms with van der Waals surface area (Å²) in [4.78, 5) is 4.96. The Balaban J connectivity index is 2.62. The van der Waals surface area contributed by atoms with Crippen LogP contribution in [0.25, 0.3) is 10.9 Å². The summed E-state index contributed by atoms with van der Waals surface area (Å²) >= 11 is 0. The second-order valence-corrected chi connectivity index (χ2v) is 6.79. The standard InChI is InChI=1S/C19H28N2/c1-12(2)16-8-7-9-17-15(11-20-14(5)6)10-18(13(3)4)21-19(16)17/h7-10,12-14,20H,11H2,1-6H3. The third-order valence-electron chi connectivity index (χ3n) is 3.89. The van der Waals surface area contributed by atoms with Crippen LogP contribution in [0.5, 0.6) is 0 Å². The minimum absolute atomic E-state index is 0.451. The smallest absolute Gasteiger partial charge is 0.0743 e. The Morgan fingerprint density at radius 2 is 1.71 bits per heavy atom. The molecule has 1 N–H and O–H groups in total. The maximum absolute atomic E-state index is 4.96. The molecule has 0 saturated heterocycles. The van der Waals surface area contributed by atoms with Crippen LogP contribution in [0.15, 0.2) is 24.3 Å². The van der Waals surface area contributed by atoms with Crippen molar-refractivity contribution in [2.75, 3.05) is 0 Å². The first-order valence-electron chi connectivity index (χ1n) is 8.06. The normalized spacial score (nSPS) is 12.0. The summed E-state index contributed by atoms with van der Waals surface area (Å²) in [6.07, 6.45) is 0. The molecule has 0 unspecified atom stereocenters. The molecule has 0 radical (unpaired) electrons. The van der Waals surface area contributed by atoms with E-state index in [2.05, 4.69) is 71.1 Å². The highest BCUT2D eigenvalue weighted by atomic mass is 14.9. The fourth-order valence-electron chi connectivity index (χ4n) is 2.58. The van der Waals surface area contributed by atoms with Gasteiger partial charge in [0.1, 0.15) is 0 Å². The van der Waals surface area contributed by atoms with Crippen molar-refractivity contribution in [2.24, 2.45) is 0 Å². The van der Waals surface area contributed by atoms with Crippen molar-refractivity contribution in [3.05, 3.63) is 41.1 Å². The predicted molar refractivity (Wildman–Crippen MR) is 91.9 cm³/mol. The molecular weight excluding hydrogens is 256 g/mol. The number of fused-ring (bicyclic) bond motifs is 1. The van der Waals surface area contributed by atoms with Gasteiger partial charge in [-0.15, -0.1) is 0 Å². The Bertz CT molecular complexity index is 612. The predicted octanol–water partition coefficient (Wildman–Crippen LogP) is 4.98. The minimum Gasteiger partial charge on any atom is -0.310 e. The lowest BCUT2D eigenvalue weighted by atomic mass is 9.95. The third-order valence-corrected chi connectivity index (χ3v) is 3.89. The van der Waals surface area contributed by atoms with Crippen molar-refractivity contribution in [1.82, 2.24) is 10.3 Å². The average molecular weight is 284 g/mol. The van der Waals surface area contributed by atoms with Crippen LogP contribution in [-0.2, 0) is 6.54 Å². The first kappa shape index (κ1) is 16.0. The van der Waals surface area contributed by atoms with E-state index in [1.54, 1.807) is 0 Å². The zero-order valence-corrected chi connectivity index (χ0v) is 14.2. The second kappa shape index (κ2) is 6.57. The summed E-state index contributed by atoms with van der Waals surface area (Å²) in [5.74, 6) is 0.946. The van der Waals surface area contributed by atoms with Crippen molar-refractivity contribution >= 4 is 10.9 Å². The molecule has 0 aliphatic rings. The molecule has 21 heavy (non-hydrogen) atoms. The van der Waals surface area contributed by atoms with Crippen LogP contribution in [-0.4, -0.2) is 11.0 Å². The fraction of sp³-hybridized carbons (Fsp3) is 0.526. The number of nitrogens with one attached hydrogen (secondary N) is 1. The lowest BCUT2D eigenvalue weighted by Gasteiger charge is -2.17. The van der Waals surface area contributed by atoms with E-state index in [0.717, 1.165) is 6.54 Å². The number of benzene rings is 1. The molecule has 2 aromatic rings. The zero-order chi connectivity index (χ0) is 15.6. The van der Waals surface area contributed by atoms with Gasteiger partial charge in [-0.05, 0) is 29.0 Å². The van der Waals surface area contributed by atoms with Crippen LogP contribution in [0.4, 0.5) is 0 Å². The van der Waals surface area contributed by atoms with Crippen molar-refractivity contribution in [1.29, 1.82) is 0 Å². The number of para-hydroxylation sites is 1. The van der Waals surface area contributed by atoms with Crippen LogP contribution in [0.1, 0.15) is 70.2 Å². The Morgan fingerprint density at radius 1 is 1.00 bits per heavy atom. The SMILES string of the molecule is CC(C)NCc1cc(C(C)C)nc2c(C(C)C)cccc12. The monoisotopic (exact) mass is 284 g/mol. The van der Waals surface area contributed by atoms with Crippen molar-refractivity contribution < 1.29 is 0 Å². The molecule has 0 fully saturated rings. The molecular formula is C19H28N2. The fourth-order valence-corrected chi connectivity index (χ4v) is 2.58. The molecule has 1 aromatic heterocycles. The molecule has 0 bridgehead atoms. The molecule has 1 heterocycles.